The molecule has 0 aromatic rings. The number of ether oxygens (including phenoxy) is 2. The average molecular weight is 232 g/mol. The Morgan fingerprint density at radius 3 is 2.44 bits per heavy atom. The Bertz CT molecular complexity index is 217. The van der Waals surface area contributed by atoms with E-state index in [1.807, 2.05) is 6.92 Å². The number of rotatable bonds is 7. The van der Waals surface area contributed by atoms with Crippen LogP contribution in [0.4, 0.5) is 0 Å². The zero-order chi connectivity index (χ0) is 12.8. The van der Waals surface area contributed by atoms with Crippen molar-refractivity contribution in [2.45, 2.75) is 31.9 Å². The molecule has 0 aliphatic carbocycles. The van der Waals surface area contributed by atoms with E-state index in [2.05, 4.69) is 0 Å². The van der Waals surface area contributed by atoms with E-state index in [1.54, 1.807) is 33.1 Å². The first kappa shape index (κ1) is 15.3. The van der Waals surface area contributed by atoms with E-state index >= 15 is 0 Å². The first-order valence-corrected chi connectivity index (χ1v) is 5.46. The van der Waals surface area contributed by atoms with Crippen LogP contribution in [0.15, 0.2) is 0 Å². The van der Waals surface area contributed by atoms with Gasteiger partial charge in [-0.15, -0.1) is 0 Å². The summed E-state index contributed by atoms with van der Waals surface area (Å²) in [5, 5.41) is 0. The molecular formula is C11H24N2O3. The van der Waals surface area contributed by atoms with Crippen LogP contribution in [0.1, 0.15) is 20.3 Å². The van der Waals surface area contributed by atoms with Crippen molar-refractivity contribution in [3.8, 4) is 0 Å². The third-order valence-electron chi connectivity index (χ3n) is 2.81. The lowest BCUT2D eigenvalue weighted by Crippen LogP contribution is -2.50. The maximum Gasteiger partial charge on any atom is 0.254 e. The molecule has 0 heterocycles. The number of carbonyl (C=O) groups excluding carboxylic acids is 1. The van der Waals surface area contributed by atoms with Crippen molar-refractivity contribution in [2.24, 2.45) is 5.73 Å². The molecule has 0 spiro atoms. The highest BCUT2D eigenvalue weighted by Crippen LogP contribution is 2.16. The van der Waals surface area contributed by atoms with Gasteiger partial charge < -0.3 is 20.1 Å². The minimum absolute atomic E-state index is 0.0518. The number of likely N-dealkylation sites (N-methyl/N-ethyl adjacent to an activating group) is 1. The minimum Gasteiger partial charge on any atom is -0.383 e. The van der Waals surface area contributed by atoms with Crippen LogP contribution in [-0.2, 0) is 14.3 Å². The van der Waals surface area contributed by atoms with Crippen LogP contribution < -0.4 is 5.73 Å². The minimum atomic E-state index is -0.762. The number of hydrogen-bond donors (Lipinski definition) is 1. The van der Waals surface area contributed by atoms with Gasteiger partial charge in [-0.2, -0.15) is 0 Å². The van der Waals surface area contributed by atoms with Crippen molar-refractivity contribution >= 4 is 5.91 Å². The fourth-order valence-corrected chi connectivity index (χ4v) is 1.49. The highest BCUT2D eigenvalue weighted by Gasteiger charge is 2.33. The Hall–Kier alpha value is -0.650. The summed E-state index contributed by atoms with van der Waals surface area (Å²) < 4.78 is 10.2. The number of amides is 1. The van der Waals surface area contributed by atoms with Gasteiger partial charge in [0, 0.05) is 33.9 Å². The molecule has 0 aliphatic rings. The summed E-state index contributed by atoms with van der Waals surface area (Å²) in [5.41, 5.74) is 5.03. The fraction of sp³-hybridized carbons (Fsp3) is 0.909. The quantitative estimate of drug-likeness (QED) is 0.682. The second-order valence-corrected chi connectivity index (χ2v) is 4.19. The van der Waals surface area contributed by atoms with E-state index in [9.17, 15) is 4.79 Å². The lowest BCUT2D eigenvalue weighted by atomic mass is 10.0. The molecule has 0 aromatic carbocycles. The number of nitrogens with zero attached hydrogens (tertiary/aromatic N) is 1. The van der Waals surface area contributed by atoms with Gasteiger partial charge in [-0.05, 0) is 13.3 Å². The van der Waals surface area contributed by atoms with Gasteiger partial charge in [-0.1, -0.05) is 6.92 Å². The number of nitrogens with two attached hydrogens (primary N) is 1. The predicted molar refractivity (Wildman–Crippen MR) is 63.2 cm³/mol. The molecular weight excluding hydrogens is 208 g/mol. The van der Waals surface area contributed by atoms with E-state index in [-0.39, 0.29) is 11.9 Å². The van der Waals surface area contributed by atoms with Gasteiger partial charge in [0.15, 0.2) is 0 Å². The molecule has 0 saturated heterocycles. The number of methoxy groups -OCH3 is 2. The molecule has 0 aliphatic heterocycles. The standard InChI is InChI=1S/C11H24N2O3/c1-6-11(2,16-5)10(14)13(3)7-9(12)8-15-4/h9H,6-8,12H2,1-5H3. The van der Waals surface area contributed by atoms with E-state index in [0.717, 1.165) is 0 Å². The molecule has 1 amide bonds. The summed E-state index contributed by atoms with van der Waals surface area (Å²) in [6, 6.07) is -0.170. The zero-order valence-electron chi connectivity index (χ0n) is 10.9. The number of hydrogen-bond acceptors (Lipinski definition) is 4. The smallest absolute Gasteiger partial charge is 0.254 e. The first-order valence-electron chi connectivity index (χ1n) is 5.46. The average Bonchev–Trinajstić information content (AvgIpc) is 2.27. The Morgan fingerprint density at radius 2 is 2.06 bits per heavy atom. The molecule has 96 valence electrons. The largest absolute Gasteiger partial charge is 0.383 e. The molecule has 2 N–H and O–H groups in total. The van der Waals surface area contributed by atoms with E-state index in [0.29, 0.717) is 19.6 Å². The lowest BCUT2D eigenvalue weighted by molar-refractivity contribution is -0.152. The van der Waals surface area contributed by atoms with Crippen molar-refractivity contribution in [1.29, 1.82) is 0 Å². The summed E-state index contributed by atoms with van der Waals surface area (Å²) in [6.07, 6.45) is 0.631. The van der Waals surface area contributed by atoms with Gasteiger partial charge >= 0.3 is 0 Å². The first-order chi connectivity index (χ1) is 7.41. The Morgan fingerprint density at radius 1 is 1.50 bits per heavy atom. The Kier molecular flexibility index (Phi) is 6.55. The molecule has 2 unspecified atom stereocenters. The molecule has 0 rings (SSSR count). The molecule has 0 aromatic heterocycles. The molecule has 0 saturated carbocycles. The van der Waals surface area contributed by atoms with Gasteiger partial charge in [0.1, 0.15) is 5.60 Å². The predicted octanol–water partition coefficient (Wildman–Crippen LogP) is 0.234. The van der Waals surface area contributed by atoms with E-state index in [1.165, 1.54) is 0 Å². The molecule has 5 heteroatoms. The SMILES string of the molecule is CCC(C)(OC)C(=O)N(C)CC(N)COC. The maximum absolute atomic E-state index is 12.1. The molecule has 0 fully saturated rings. The highest BCUT2D eigenvalue weighted by molar-refractivity contribution is 5.84. The second-order valence-electron chi connectivity index (χ2n) is 4.19. The topological polar surface area (TPSA) is 64.8 Å². The van der Waals surface area contributed by atoms with Crippen LogP contribution >= 0.6 is 0 Å². The fourth-order valence-electron chi connectivity index (χ4n) is 1.49. The summed E-state index contributed by atoms with van der Waals surface area (Å²) in [7, 11) is 4.86. The van der Waals surface area contributed by atoms with E-state index < -0.39 is 5.60 Å². The van der Waals surface area contributed by atoms with Crippen LogP contribution in [0, 0.1) is 0 Å². The van der Waals surface area contributed by atoms with Crippen LogP contribution in [-0.4, -0.2) is 56.9 Å². The lowest BCUT2D eigenvalue weighted by Gasteiger charge is -2.31. The van der Waals surface area contributed by atoms with Crippen LogP contribution in [0.3, 0.4) is 0 Å². The van der Waals surface area contributed by atoms with Crippen molar-refractivity contribution in [2.75, 3.05) is 34.4 Å². The van der Waals surface area contributed by atoms with Gasteiger partial charge in [0.2, 0.25) is 0 Å². The van der Waals surface area contributed by atoms with Crippen molar-refractivity contribution in [1.82, 2.24) is 4.90 Å². The highest BCUT2D eigenvalue weighted by atomic mass is 16.5. The van der Waals surface area contributed by atoms with E-state index in [4.69, 9.17) is 15.2 Å². The van der Waals surface area contributed by atoms with Crippen LogP contribution in [0.25, 0.3) is 0 Å². The molecule has 2 atom stereocenters. The molecule has 5 nitrogen and oxygen atoms in total. The van der Waals surface area contributed by atoms with Crippen molar-refractivity contribution < 1.29 is 14.3 Å². The third-order valence-corrected chi connectivity index (χ3v) is 2.81. The molecule has 0 bridgehead atoms. The van der Waals surface area contributed by atoms with Gasteiger partial charge in [0.25, 0.3) is 5.91 Å². The molecule has 0 radical (unpaired) electrons. The second kappa shape index (κ2) is 6.83. The van der Waals surface area contributed by atoms with Gasteiger partial charge in [-0.25, -0.2) is 0 Å². The summed E-state index contributed by atoms with van der Waals surface area (Å²) >= 11 is 0. The zero-order valence-corrected chi connectivity index (χ0v) is 10.9. The van der Waals surface area contributed by atoms with Gasteiger partial charge in [0.05, 0.1) is 6.61 Å². The monoisotopic (exact) mass is 232 g/mol. The van der Waals surface area contributed by atoms with Crippen LogP contribution in [0.2, 0.25) is 0 Å². The number of carbonyl (C=O) groups is 1. The maximum atomic E-state index is 12.1. The summed E-state index contributed by atoms with van der Waals surface area (Å²) in [5.74, 6) is -0.0518. The van der Waals surface area contributed by atoms with Crippen molar-refractivity contribution in [3.05, 3.63) is 0 Å². The normalized spacial score (nSPS) is 16.6. The Labute approximate surface area is 97.9 Å². The molecule has 16 heavy (non-hydrogen) atoms. The van der Waals surface area contributed by atoms with Crippen molar-refractivity contribution in [3.63, 3.8) is 0 Å². The third kappa shape index (κ3) is 4.08. The summed E-state index contributed by atoms with van der Waals surface area (Å²) in [6.45, 7) is 4.61. The Balaban J connectivity index is 4.37. The van der Waals surface area contributed by atoms with Gasteiger partial charge in [-0.3, -0.25) is 4.79 Å². The van der Waals surface area contributed by atoms with Crippen LogP contribution in [0.5, 0.6) is 0 Å². The summed E-state index contributed by atoms with van der Waals surface area (Å²) in [4.78, 5) is 13.7.